The Labute approximate surface area is 91.3 Å². The summed E-state index contributed by atoms with van der Waals surface area (Å²) in [5, 5.41) is 8.76. The number of carboxylic acids is 1. The van der Waals surface area contributed by atoms with Gasteiger partial charge in [-0.15, -0.1) is 0 Å². The molecule has 1 N–H and O–H groups in total. The summed E-state index contributed by atoms with van der Waals surface area (Å²) in [6, 6.07) is 8.01. The van der Waals surface area contributed by atoms with E-state index in [0.717, 1.165) is 11.1 Å². The minimum Gasteiger partial charge on any atom is -0.481 e. The molecule has 5 nitrogen and oxygen atoms in total. The van der Waals surface area contributed by atoms with E-state index >= 15 is 0 Å². The maximum atomic E-state index is 10.7. The lowest BCUT2D eigenvalue weighted by Crippen LogP contribution is -2.50. The van der Waals surface area contributed by atoms with Gasteiger partial charge in [0.2, 0.25) is 0 Å². The molecule has 1 aliphatic rings. The Morgan fingerprint density at radius 1 is 1.44 bits per heavy atom. The molecule has 1 fully saturated rings. The van der Waals surface area contributed by atoms with Gasteiger partial charge in [0.05, 0.1) is 5.92 Å². The van der Waals surface area contributed by atoms with Crippen molar-refractivity contribution in [3.63, 3.8) is 0 Å². The van der Waals surface area contributed by atoms with E-state index in [0.29, 0.717) is 19.1 Å². The molecule has 0 amide bonds. The molecule has 3 rings (SSSR count). The van der Waals surface area contributed by atoms with Crippen molar-refractivity contribution < 1.29 is 14.3 Å². The van der Waals surface area contributed by atoms with Crippen molar-refractivity contribution in [2.24, 2.45) is 5.92 Å². The van der Waals surface area contributed by atoms with Crippen molar-refractivity contribution in [3.05, 3.63) is 24.3 Å². The van der Waals surface area contributed by atoms with Crippen LogP contribution in [0.1, 0.15) is 0 Å². The molecule has 0 radical (unpaired) electrons. The molecule has 82 valence electrons. The summed E-state index contributed by atoms with van der Waals surface area (Å²) in [7, 11) is 0. The van der Waals surface area contributed by atoms with Crippen molar-refractivity contribution in [3.8, 4) is 0 Å². The van der Waals surface area contributed by atoms with Crippen molar-refractivity contribution in [1.82, 2.24) is 4.98 Å². The summed E-state index contributed by atoms with van der Waals surface area (Å²) < 4.78 is 5.52. The minimum absolute atomic E-state index is 0.296. The van der Waals surface area contributed by atoms with E-state index in [1.807, 2.05) is 29.2 Å². The number of fused-ring (bicyclic) bond motifs is 1. The highest BCUT2D eigenvalue weighted by Gasteiger charge is 2.35. The van der Waals surface area contributed by atoms with Crippen LogP contribution in [0.2, 0.25) is 0 Å². The van der Waals surface area contributed by atoms with Crippen LogP contribution < -0.4 is 4.90 Å². The first kappa shape index (κ1) is 9.21. The molecule has 1 aromatic carbocycles. The summed E-state index contributed by atoms with van der Waals surface area (Å²) in [5.74, 6) is -1.05. The monoisotopic (exact) mass is 218 g/mol. The number of aliphatic carboxylic acids is 1. The highest BCUT2D eigenvalue weighted by Crippen LogP contribution is 2.27. The molecular formula is C11H10N2O3. The minimum atomic E-state index is -0.757. The summed E-state index contributed by atoms with van der Waals surface area (Å²) in [6.45, 7) is 0.949. The lowest BCUT2D eigenvalue weighted by atomic mass is 10.0. The standard InChI is InChI=1S/C11H10N2O3/c14-10(15)7-5-13(6-7)11-12-8-3-1-2-4-9(8)16-11/h1-4,7H,5-6H2,(H,14,15). The van der Waals surface area contributed by atoms with Crippen molar-refractivity contribution in [2.75, 3.05) is 18.0 Å². The number of benzene rings is 1. The molecule has 2 heterocycles. The fourth-order valence-electron chi connectivity index (χ4n) is 1.79. The van der Waals surface area contributed by atoms with Gasteiger partial charge in [-0.1, -0.05) is 12.1 Å². The number of carbonyl (C=O) groups is 1. The second kappa shape index (κ2) is 3.23. The maximum Gasteiger partial charge on any atom is 0.310 e. The predicted molar refractivity (Wildman–Crippen MR) is 57.3 cm³/mol. The van der Waals surface area contributed by atoms with Gasteiger partial charge in [-0.2, -0.15) is 4.98 Å². The molecule has 0 atom stereocenters. The number of aromatic nitrogens is 1. The Balaban J connectivity index is 1.83. The SMILES string of the molecule is O=C(O)C1CN(c2nc3ccccc3o2)C1. The fraction of sp³-hybridized carbons (Fsp3) is 0.273. The third-order valence-electron chi connectivity index (χ3n) is 2.78. The molecule has 0 aliphatic carbocycles. The van der Waals surface area contributed by atoms with Gasteiger partial charge in [-0.3, -0.25) is 4.79 Å². The van der Waals surface area contributed by atoms with Gasteiger partial charge in [-0.25, -0.2) is 0 Å². The largest absolute Gasteiger partial charge is 0.481 e. The molecule has 0 unspecified atom stereocenters. The first-order valence-corrected chi connectivity index (χ1v) is 5.07. The second-order valence-electron chi connectivity index (χ2n) is 3.90. The van der Waals surface area contributed by atoms with Gasteiger partial charge < -0.3 is 14.4 Å². The Hall–Kier alpha value is -2.04. The summed E-state index contributed by atoms with van der Waals surface area (Å²) in [4.78, 5) is 16.8. The van der Waals surface area contributed by atoms with E-state index in [2.05, 4.69) is 4.98 Å². The number of carboxylic acid groups (broad SMARTS) is 1. The maximum absolute atomic E-state index is 10.7. The van der Waals surface area contributed by atoms with E-state index < -0.39 is 5.97 Å². The number of oxazole rings is 1. The van der Waals surface area contributed by atoms with E-state index in [4.69, 9.17) is 9.52 Å². The first-order valence-electron chi connectivity index (χ1n) is 5.07. The Morgan fingerprint density at radius 3 is 2.88 bits per heavy atom. The van der Waals surface area contributed by atoms with E-state index in [1.54, 1.807) is 0 Å². The quantitative estimate of drug-likeness (QED) is 0.824. The van der Waals surface area contributed by atoms with Crippen molar-refractivity contribution in [1.29, 1.82) is 0 Å². The summed E-state index contributed by atoms with van der Waals surface area (Å²) >= 11 is 0. The number of hydrogen-bond acceptors (Lipinski definition) is 4. The zero-order valence-corrected chi connectivity index (χ0v) is 8.46. The number of rotatable bonds is 2. The molecule has 0 spiro atoms. The Morgan fingerprint density at radius 2 is 2.19 bits per heavy atom. The summed E-state index contributed by atoms with van der Waals surface area (Å²) in [5.41, 5.74) is 1.53. The molecule has 16 heavy (non-hydrogen) atoms. The fourth-order valence-corrected chi connectivity index (χ4v) is 1.79. The number of anilines is 1. The van der Waals surface area contributed by atoms with Crippen LogP contribution in [-0.2, 0) is 4.79 Å². The molecule has 2 aromatic rings. The van der Waals surface area contributed by atoms with E-state index in [-0.39, 0.29) is 5.92 Å². The number of hydrogen-bond donors (Lipinski definition) is 1. The predicted octanol–water partition coefficient (Wildman–Crippen LogP) is 1.35. The third kappa shape index (κ3) is 1.32. The molecular weight excluding hydrogens is 208 g/mol. The summed E-state index contributed by atoms with van der Waals surface area (Å²) in [6.07, 6.45) is 0. The molecule has 5 heteroatoms. The third-order valence-corrected chi connectivity index (χ3v) is 2.78. The van der Waals surface area contributed by atoms with E-state index in [9.17, 15) is 4.79 Å². The van der Waals surface area contributed by atoms with Crippen LogP contribution in [0.15, 0.2) is 28.7 Å². The zero-order valence-electron chi connectivity index (χ0n) is 8.46. The van der Waals surface area contributed by atoms with Gasteiger partial charge >= 0.3 is 5.97 Å². The van der Waals surface area contributed by atoms with Crippen LogP contribution in [0, 0.1) is 5.92 Å². The lowest BCUT2D eigenvalue weighted by Gasteiger charge is -2.35. The van der Waals surface area contributed by atoms with Gasteiger partial charge in [0.25, 0.3) is 6.01 Å². The topological polar surface area (TPSA) is 66.6 Å². The second-order valence-corrected chi connectivity index (χ2v) is 3.90. The molecule has 1 aromatic heterocycles. The van der Waals surface area contributed by atoms with Crippen LogP contribution in [0.4, 0.5) is 6.01 Å². The smallest absolute Gasteiger partial charge is 0.310 e. The average Bonchev–Trinajstić information content (AvgIpc) is 2.57. The van der Waals surface area contributed by atoms with Gasteiger partial charge in [0.15, 0.2) is 5.58 Å². The highest BCUT2D eigenvalue weighted by molar-refractivity contribution is 5.76. The van der Waals surface area contributed by atoms with Crippen LogP contribution >= 0.6 is 0 Å². The average molecular weight is 218 g/mol. The molecule has 1 aliphatic heterocycles. The van der Waals surface area contributed by atoms with Crippen molar-refractivity contribution in [2.45, 2.75) is 0 Å². The van der Waals surface area contributed by atoms with Crippen LogP contribution in [0.25, 0.3) is 11.1 Å². The van der Waals surface area contributed by atoms with Gasteiger partial charge in [0, 0.05) is 13.1 Å². The van der Waals surface area contributed by atoms with Crippen LogP contribution in [0.5, 0.6) is 0 Å². The zero-order chi connectivity index (χ0) is 11.1. The van der Waals surface area contributed by atoms with Gasteiger partial charge in [-0.05, 0) is 12.1 Å². The van der Waals surface area contributed by atoms with E-state index in [1.165, 1.54) is 0 Å². The molecule has 1 saturated heterocycles. The highest BCUT2D eigenvalue weighted by atomic mass is 16.4. The lowest BCUT2D eigenvalue weighted by molar-refractivity contribution is -0.142. The van der Waals surface area contributed by atoms with Crippen LogP contribution in [-0.4, -0.2) is 29.1 Å². The van der Waals surface area contributed by atoms with Crippen molar-refractivity contribution >= 4 is 23.1 Å². The first-order chi connectivity index (χ1) is 7.74. The molecule has 0 saturated carbocycles. The van der Waals surface area contributed by atoms with Crippen LogP contribution in [0.3, 0.4) is 0 Å². The number of nitrogens with zero attached hydrogens (tertiary/aromatic N) is 2. The number of para-hydroxylation sites is 2. The molecule has 0 bridgehead atoms. The Bertz CT molecular complexity index is 510. The Kier molecular flexibility index (Phi) is 1.86. The van der Waals surface area contributed by atoms with Gasteiger partial charge in [0.1, 0.15) is 5.52 Å². The normalized spacial score (nSPS) is 16.4.